The summed E-state index contributed by atoms with van der Waals surface area (Å²) in [5, 5.41) is 1.90. The third-order valence-corrected chi connectivity index (χ3v) is 4.53. The highest BCUT2D eigenvalue weighted by Crippen LogP contribution is 2.38. The van der Waals surface area contributed by atoms with Crippen LogP contribution < -0.4 is 0 Å². The summed E-state index contributed by atoms with van der Waals surface area (Å²) < 4.78 is 17.2. The number of ether oxygens (including phenoxy) is 3. The Balaban J connectivity index is 1.56. The number of hydroxylamine groups is 2. The first-order valence-corrected chi connectivity index (χ1v) is 8.00. The molecule has 0 N–H and O–H groups in total. The zero-order valence-corrected chi connectivity index (χ0v) is 13.3. The van der Waals surface area contributed by atoms with Crippen LogP contribution in [0, 0.1) is 0 Å². The smallest absolute Gasteiger partial charge is 0.309 e. The van der Waals surface area contributed by atoms with Crippen molar-refractivity contribution in [2.45, 2.75) is 57.0 Å². The number of esters is 1. The van der Waals surface area contributed by atoms with Crippen molar-refractivity contribution in [3.63, 3.8) is 0 Å². The van der Waals surface area contributed by atoms with Gasteiger partial charge in [-0.1, -0.05) is 30.3 Å². The molecule has 23 heavy (non-hydrogen) atoms. The molecule has 0 radical (unpaired) electrons. The molecule has 0 bridgehead atoms. The molecular weight excluding hydrogens is 298 g/mol. The van der Waals surface area contributed by atoms with Crippen LogP contribution in [0.15, 0.2) is 30.3 Å². The van der Waals surface area contributed by atoms with Gasteiger partial charge < -0.3 is 14.2 Å². The highest BCUT2D eigenvalue weighted by Gasteiger charge is 2.56. The van der Waals surface area contributed by atoms with Crippen LogP contribution in [0.25, 0.3) is 0 Å². The van der Waals surface area contributed by atoms with Crippen molar-refractivity contribution in [3.8, 4) is 0 Å². The number of carbonyl (C=O) groups excluding carboxylic acids is 1. The fraction of sp³-hybridized carbons (Fsp3) is 0.588. The maximum Gasteiger partial charge on any atom is 0.309 e. The largest absolute Gasteiger partial charge is 0.458 e. The van der Waals surface area contributed by atoms with Gasteiger partial charge in [-0.2, -0.15) is 5.06 Å². The molecule has 1 aromatic carbocycles. The molecule has 0 aliphatic carbocycles. The first-order valence-electron chi connectivity index (χ1n) is 8.00. The van der Waals surface area contributed by atoms with E-state index in [0.29, 0.717) is 19.6 Å². The van der Waals surface area contributed by atoms with E-state index in [1.54, 1.807) is 0 Å². The molecule has 0 aromatic heterocycles. The molecule has 1 aromatic rings. The van der Waals surface area contributed by atoms with Gasteiger partial charge in [0.15, 0.2) is 11.9 Å². The van der Waals surface area contributed by atoms with Crippen LogP contribution >= 0.6 is 0 Å². The van der Waals surface area contributed by atoms with Gasteiger partial charge in [-0.05, 0) is 19.4 Å². The number of fused-ring (bicyclic) bond motifs is 1. The fourth-order valence-electron chi connectivity index (χ4n) is 3.54. The van der Waals surface area contributed by atoms with E-state index < -0.39 is 5.79 Å². The van der Waals surface area contributed by atoms with Crippen LogP contribution in [0.5, 0.6) is 0 Å². The minimum atomic E-state index is -0.621. The Hall–Kier alpha value is -1.47. The van der Waals surface area contributed by atoms with Crippen molar-refractivity contribution < 1.29 is 23.8 Å². The van der Waals surface area contributed by atoms with Gasteiger partial charge in [-0.25, -0.2) is 0 Å². The lowest BCUT2D eigenvalue weighted by molar-refractivity contribution is -0.199. The summed E-state index contributed by atoms with van der Waals surface area (Å²) in [4.78, 5) is 17.6. The second kappa shape index (κ2) is 5.56. The van der Waals surface area contributed by atoms with Gasteiger partial charge in [0.2, 0.25) is 0 Å². The second-order valence-corrected chi connectivity index (χ2v) is 6.72. The second-order valence-electron chi connectivity index (χ2n) is 6.72. The van der Waals surface area contributed by atoms with E-state index in [1.807, 2.05) is 37.1 Å². The van der Waals surface area contributed by atoms with E-state index in [1.165, 1.54) is 0 Å². The summed E-state index contributed by atoms with van der Waals surface area (Å²) in [7, 11) is 0. The number of carbonyl (C=O) groups is 1. The molecule has 0 amide bonds. The van der Waals surface area contributed by atoms with Crippen molar-refractivity contribution in [2.24, 2.45) is 0 Å². The Morgan fingerprint density at radius 3 is 2.70 bits per heavy atom. The van der Waals surface area contributed by atoms with Crippen LogP contribution in [-0.4, -0.2) is 47.8 Å². The van der Waals surface area contributed by atoms with Crippen molar-refractivity contribution in [2.75, 3.05) is 6.61 Å². The Kier molecular flexibility index (Phi) is 3.65. The van der Waals surface area contributed by atoms with E-state index in [4.69, 9.17) is 19.0 Å². The first-order chi connectivity index (χ1) is 11.0. The van der Waals surface area contributed by atoms with Crippen molar-refractivity contribution >= 4 is 5.97 Å². The summed E-state index contributed by atoms with van der Waals surface area (Å²) in [5.41, 5.74) is 1.14. The fourth-order valence-corrected chi connectivity index (χ4v) is 3.54. The molecule has 3 saturated heterocycles. The zero-order valence-electron chi connectivity index (χ0n) is 13.3. The Morgan fingerprint density at radius 2 is 2.00 bits per heavy atom. The summed E-state index contributed by atoms with van der Waals surface area (Å²) >= 11 is 0. The highest BCUT2D eigenvalue weighted by atomic mass is 16.8. The predicted molar refractivity (Wildman–Crippen MR) is 80.0 cm³/mol. The molecule has 124 valence electrons. The Labute approximate surface area is 135 Å². The van der Waals surface area contributed by atoms with Crippen molar-refractivity contribution in [1.29, 1.82) is 0 Å². The monoisotopic (exact) mass is 319 g/mol. The van der Waals surface area contributed by atoms with E-state index in [9.17, 15) is 4.79 Å². The minimum absolute atomic E-state index is 0.159. The molecule has 4 atom stereocenters. The molecule has 6 heteroatoms. The van der Waals surface area contributed by atoms with E-state index in [2.05, 4.69) is 12.1 Å². The number of nitrogens with zero attached hydrogens (tertiary/aromatic N) is 1. The molecular formula is C17H21NO5. The predicted octanol–water partition coefficient (Wildman–Crippen LogP) is 1.64. The van der Waals surface area contributed by atoms with Crippen LogP contribution in [0.2, 0.25) is 0 Å². The summed E-state index contributed by atoms with van der Waals surface area (Å²) in [6, 6.07) is 9.93. The molecule has 0 unspecified atom stereocenters. The van der Waals surface area contributed by atoms with Gasteiger partial charge in [0.25, 0.3) is 0 Å². The third kappa shape index (κ3) is 2.87. The Bertz CT molecular complexity index is 590. The lowest BCUT2D eigenvalue weighted by Gasteiger charge is -2.29. The van der Waals surface area contributed by atoms with Gasteiger partial charge >= 0.3 is 5.97 Å². The molecule has 0 spiro atoms. The average molecular weight is 319 g/mol. The number of rotatable bonds is 3. The summed E-state index contributed by atoms with van der Waals surface area (Å²) in [6.07, 6.45) is -0.421. The van der Waals surface area contributed by atoms with Crippen LogP contribution in [0.4, 0.5) is 0 Å². The van der Waals surface area contributed by atoms with Crippen molar-refractivity contribution in [1.82, 2.24) is 5.06 Å². The average Bonchev–Trinajstić information content (AvgIpc) is 3.12. The summed E-state index contributed by atoms with van der Waals surface area (Å²) in [6.45, 7) is 4.87. The molecule has 3 heterocycles. The number of hydrogen-bond acceptors (Lipinski definition) is 6. The maximum atomic E-state index is 11.6. The van der Waals surface area contributed by atoms with Gasteiger partial charge in [0.1, 0.15) is 18.2 Å². The normalized spacial score (nSPS) is 36.2. The topological polar surface area (TPSA) is 57.2 Å². The lowest BCUT2D eigenvalue weighted by Crippen LogP contribution is -2.46. The molecule has 6 nitrogen and oxygen atoms in total. The van der Waals surface area contributed by atoms with E-state index >= 15 is 0 Å². The van der Waals surface area contributed by atoms with Crippen LogP contribution in [0.1, 0.15) is 25.8 Å². The van der Waals surface area contributed by atoms with Crippen LogP contribution in [0.3, 0.4) is 0 Å². The van der Waals surface area contributed by atoms with Gasteiger partial charge in [0.05, 0.1) is 13.0 Å². The van der Waals surface area contributed by atoms with E-state index in [0.717, 1.165) is 5.56 Å². The number of hydrogen-bond donors (Lipinski definition) is 0. The molecule has 0 saturated carbocycles. The van der Waals surface area contributed by atoms with Gasteiger partial charge in [-0.3, -0.25) is 9.63 Å². The third-order valence-electron chi connectivity index (χ3n) is 4.53. The Morgan fingerprint density at radius 1 is 1.22 bits per heavy atom. The highest BCUT2D eigenvalue weighted by molar-refractivity contribution is 5.73. The SMILES string of the molecule is CC1(C)OC[C@H]([C@H]2[C@@H]3OC(=O)C[C@@H]3ON2Cc2ccccc2)O1. The zero-order chi connectivity index (χ0) is 16.0. The molecule has 4 rings (SSSR count). The molecule has 3 aliphatic rings. The first kappa shape index (κ1) is 15.1. The lowest BCUT2D eigenvalue weighted by atomic mass is 10.0. The minimum Gasteiger partial charge on any atom is -0.458 e. The molecule has 3 aliphatic heterocycles. The van der Waals surface area contributed by atoms with Gasteiger partial charge in [-0.15, -0.1) is 0 Å². The summed E-state index contributed by atoms with van der Waals surface area (Å²) in [5.74, 6) is -0.827. The van der Waals surface area contributed by atoms with Gasteiger partial charge in [0, 0.05) is 6.54 Å². The molecule has 3 fully saturated rings. The quantitative estimate of drug-likeness (QED) is 0.790. The van der Waals surface area contributed by atoms with E-state index in [-0.39, 0.29) is 30.3 Å². The number of benzene rings is 1. The standard InChI is InChI=1S/C17H21NO5/c1-17(2)20-10-13(22-17)15-16-12(8-14(19)21-16)23-18(15)9-11-6-4-3-5-7-11/h3-7,12-13,15-16H,8-10H2,1-2H3/t12-,13+,15-,16+/m0/s1. The maximum absolute atomic E-state index is 11.6. The van der Waals surface area contributed by atoms with Crippen LogP contribution in [-0.2, 0) is 30.4 Å². The van der Waals surface area contributed by atoms with Crippen molar-refractivity contribution in [3.05, 3.63) is 35.9 Å².